The van der Waals surface area contributed by atoms with Crippen LogP contribution in [0.25, 0.3) is 0 Å². The van der Waals surface area contributed by atoms with E-state index < -0.39 is 5.54 Å². The van der Waals surface area contributed by atoms with Gasteiger partial charge < -0.3 is 4.74 Å². The lowest BCUT2D eigenvalue weighted by Crippen LogP contribution is -2.43. The van der Waals surface area contributed by atoms with Crippen LogP contribution in [0.5, 0.6) is 0 Å². The van der Waals surface area contributed by atoms with E-state index in [2.05, 4.69) is 11.4 Å². The number of carbonyl (C=O) groups excluding carboxylic acids is 1. The number of ether oxygens (including phenoxy) is 1. The van der Waals surface area contributed by atoms with E-state index >= 15 is 0 Å². The summed E-state index contributed by atoms with van der Waals surface area (Å²) in [5.74, 6) is 0.0607. The Labute approximate surface area is 98.7 Å². The fourth-order valence-electron chi connectivity index (χ4n) is 2.65. The number of fused-ring (bicyclic) bond motifs is 3. The Morgan fingerprint density at radius 1 is 1.62 bits per heavy atom. The smallest absolute Gasteiger partial charge is 0.326 e. The molecule has 2 aliphatic rings. The molecule has 1 aromatic rings. The third-order valence-corrected chi connectivity index (χ3v) is 3.98. The van der Waals surface area contributed by atoms with Crippen molar-refractivity contribution in [3.05, 3.63) is 34.3 Å². The van der Waals surface area contributed by atoms with E-state index in [1.807, 2.05) is 12.1 Å². The van der Waals surface area contributed by atoms with E-state index in [0.717, 1.165) is 17.0 Å². The van der Waals surface area contributed by atoms with Gasteiger partial charge in [-0.25, -0.2) is 0 Å². The van der Waals surface area contributed by atoms with Crippen molar-refractivity contribution in [1.82, 2.24) is 5.32 Å². The molecule has 0 unspecified atom stereocenters. The van der Waals surface area contributed by atoms with E-state index in [1.54, 1.807) is 0 Å². The van der Waals surface area contributed by atoms with Crippen LogP contribution < -0.4 is 5.32 Å². The molecule has 1 heterocycles. The molecule has 1 aromatic carbocycles. The maximum atomic E-state index is 11.7. The topological polar surface area (TPSA) is 38.3 Å². The van der Waals surface area contributed by atoms with Crippen molar-refractivity contribution in [1.29, 1.82) is 0 Å². The van der Waals surface area contributed by atoms with Crippen molar-refractivity contribution < 1.29 is 9.53 Å². The molecular weight excluding hydrogens is 226 g/mol. The number of carbonyl (C=O) groups is 1. The molecule has 0 aromatic heterocycles. The number of rotatable bonds is 1. The lowest BCUT2D eigenvalue weighted by molar-refractivity contribution is -0.144. The second kappa shape index (κ2) is 3.22. The van der Waals surface area contributed by atoms with Gasteiger partial charge in [0.05, 0.1) is 7.11 Å². The highest BCUT2D eigenvalue weighted by Crippen LogP contribution is 2.56. The fourth-order valence-corrected chi connectivity index (χ4v) is 2.90. The average Bonchev–Trinajstić information content (AvgIpc) is 3.04. The quantitative estimate of drug-likeness (QED) is 0.758. The summed E-state index contributed by atoms with van der Waals surface area (Å²) in [6.07, 6.45) is 0.813. The molecule has 16 heavy (non-hydrogen) atoms. The lowest BCUT2D eigenvalue weighted by atomic mass is 9.96. The summed E-state index contributed by atoms with van der Waals surface area (Å²) in [6, 6.07) is 5.87. The third kappa shape index (κ3) is 1.16. The van der Waals surface area contributed by atoms with E-state index in [1.165, 1.54) is 12.7 Å². The Bertz CT molecular complexity index is 474. The Morgan fingerprint density at radius 2 is 2.44 bits per heavy atom. The molecule has 4 heteroatoms. The molecule has 0 saturated heterocycles. The van der Waals surface area contributed by atoms with Gasteiger partial charge in [0.1, 0.15) is 5.54 Å². The number of hydrogen-bond donors (Lipinski definition) is 1. The van der Waals surface area contributed by atoms with Crippen LogP contribution in [0.1, 0.15) is 23.5 Å². The molecule has 0 radical (unpaired) electrons. The molecule has 1 fully saturated rings. The van der Waals surface area contributed by atoms with Crippen molar-refractivity contribution in [3.63, 3.8) is 0 Å². The Kier molecular flexibility index (Phi) is 2.03. The highest BCUT2D eigenvalue weighted by atomic mass is 35.5. The molecule has 0 amide bonds. The molecule has 1 N–H and O–H groups in total. The van der Waals surface area contributed by atoms with Crippen LogP contribution in [-0.4, -0.2) is 18.6 Å². The summed E-state index contributed by atoms with van der Waals surface area (Å²) < 4.78 is 4.85. The lowest BCUT2D eigenvalue weighted by Gasteiger charge is -2.24. The first-order valence-electron chi connectivity index (χ1n) is 5.30. The summed E-state index contributed by atoms with van der Waals surface area (Å²) in [5.41, 5.74) is 1.83. The van der Waals surface area contributed by atoms with Crippen LogP contribution in [0.4, 0.5) is 0 Å². The maximum absolute atomic E-state index is 11.7. The van der Waals surface area contributed by atoms with Gasteiger partial charge in [0.2, 0.25) is 0 Å². The van der Waals surface area contributed by atoms with E-state index in [-0.39, 0.29) is 11.9 Å². The molecule has 1 aliphatic carbocycles. The number of halogens is 1. The summed E-state index contributed by atoms with van der Waals surface area (Å²) >= 11 is 6.13. The van der Waals surface area contributed by atoms with Gasteiger partial charge in [-0.15, -0.1) is 0 Å². The van der Waals surface area contributed by atoms with Crippen molar-refractivity contribution in [2.24, 2.45) is 0 Å². The van der Waals surface area contributed by atoms with Crippen LogP contribution in [0.15, 0.2) is 18.2 Å². The molecule has 3 nitrogen and oxygen atoms in total. The van der Waals surface area contributed by atoms with E-state index in [0.29, 0.717) is 6.54 Å². The Morgan fingerprint density at radius 3 is 3.19 bits per heavy atom. The van der Waals surface area contributed by atoms with E-state index in [9.17, 15) is 4.79 Å². The molecule has 1 aliphatic heterocycles. The van der Waals surface area contributed by atoms with Crippen molar-refractivity contribution in [2.45, 2.75) is 24.4 Å². The summed E-state index contributed by atoms with van der Waals surface area (Å²) in [7, 11) is 1.43. The molecule has 84 valence electrons. The van der Waals surface area contributed by atoms with Crippen molar-refractivity contribution >= 4 is 17.6 Å². The normalized spacial score (nSPS) is 30.2. The molecule has 0 bridgehead atoms. The van der Waals surface area contributed by atoms with Gasteiger partial charge in [0.15, 0.2) is 0 Å². The average molecular weight is 238 g/mol. The van der Waals surface area contributed by atoms with Crippen LogP contribution in [0.3, 0.4) is 0 Å². The summed E-state index contributed by atoms with van der Waals surface area (Å²) in [6.45, 7) is 0.639. The summed E-state index contributed by atoms with van der Waals surface area (Å²) in [5, 5.41) is 4.03. The van der Waals surface area contributed by atoms with Gasteiger partial charge in [-0.05, 0) is 23.6 Å². The zero-order valence-electron chi connectivity index (χ0n) is 8.92. The minimum absolute atomic E-state index is 0.164. The van der Waals surface area contributed by atoms with Gasteiger partial charge in [0, 0.05) is 17.5 Å². The number of hydrogen-bond acceptors (Lipinski definition) is 3. The number of esters is 1. The second-order valence-corrected chi connectivity index (χ2v) is 4.79. The van der Waals surface area contributed by atoms with Crippen molar-refractivity contribution in [3.8, 4) is 0 Å². The van der Waals surface area contributed by atoms with Crippen LogP contribution in [0, 0.1) is 0 Å². The SMILES string of the molecule is COC(=O)[C@]12C[C@H]1c1cccc(Cl)c1CN2. The second-order valence-electron chi connectivity index (χ2n) is 4.38. The first-order chi connectivity index (χ1) is 7.69. The molecular formula is C12H12ClNO2. The molecule has 2 atom stereocenters. The number of methoxy groups -OCH3 is 1. The number of nitrogens with one attached hydrogen (secondary N) is 1. The van der Waals surface area contributed by atoms with Crippen molar-refractivity contribution in [2.75, 3.05) is 7.11 Å². The minimum Gasteiger partial charge on any atom is -0.468 e. The van der Waals surface area contributed by atoms with Gasteiger partial charge in [0.25, 0.3) is 0 Å². The maximum Gasteiger partial charge on any atom is 0.326 e. The molecule has 3 rings (SSSR count). The standard InChI is InChI=1S/C12H12ClNO2/c1-16-11(15)12-5-9(12)7-3-2-4-10(13)8(7)6-14-12/h2-4,9,14H,5-6H2,1H3/t9-,12-/m0/s1. The Hall–Kier alpha value is -1.06. The van der Waals surface area contributed by atoms with Gasteiger partial charge in [-0.2, -0.15) is 0 Å². The zero-order valence-corrected chi connectivity index (χ0v) is 9.67. The molecule has 1 saturated carbocycles. The highest BCUT2D eigenvalue weighted by Gasteiger charge is 2.63. The van der Waals surface area contributed by atoms with Crippen LogP contribution in [-0.2, 0) is 16.1 Å². The molecule has 0 spiro atoms. The first kappa shape index (κ1) is 10.1. The third-order valence-electron chi connectivity index (χ3n) is 3.62. The first-order valence-corrected chi connectivity index (χ1v) is 5.67. The van der Waals surface area contributed by atoms with Gasteiger partial charge in [-0.1, -0.05) is 23.7 Å². The predicted octanol–water partition coefficient (Wildman–Crippen LogP) is 1.84. The van der Waals surface area contributed by atoms with Crippen LogP contribution in [0.2, 0.25) is 5.02 Å². The fraction of sp³-hybridized carbons (Fsp3) is 0.417. The monoisotopic (exact) mass is 237 g/mol. The highest BCUT2D eigenvalue weighted by molar-refractivity contribution is 6.31. The van der Waals surface area contributed by atoms with Gasteiger partial charge >= 0.3 is 5.97 Å². The van der Waals surface area contributed by atoms with E-state index in [4.69, 9.17) is 16.3 Å². The van der Waals surface area contributed by atoms with Crippen LogP contribution >= 0.6 is 11.6 Å². The predicted molar refractivity (Wildman–Crippen MR) is 60.4 cm³/mol. The van der Waals surface area contributed by atoms with Gasteiger partial charge in [-0.3, -0.25) is 10.1 Å². The minimum atomic E-state index is -0.480. The Balaban J connectivity index is 2.02. The summed E-state index contributed by atoms with van der Waals surface area (Å²) in [4.78, 5) is 11.7. The number of benzene rings is 1. The largest absolute Gasteiger partial charge is 0.468 e. The zero-order chi connectivity index (χ0) is 11.3.